The Bertz CT molecular complexity index is 1360. The molecular weight excluding hydrogens is 474 g/mol. The molecular formula is C24H25N3O5S2. The Morgan fingerprint density at radius 3 is 1.97 bits per heavy atom. The topological polar surface area (TPSA) is 118 Å². The molecule has 178 valence electrons. The van der Waals surface area contributed by atoms with E-state index in [4.69, 9.17) is 5.14 Å². The molecule has 8 nitrogen and oxygen atoms in total. The summed E-state index contributed by atoms with van der Waals surface area (Å²) in [6, 6.07) is 22.8. The van der Waals surface area contributed by atoms with Gasteiger partial charge >= 0.3 is 0 Å². The minimum absolute atomic E-state index is 0.0789. The summed E-state index contributed by atoms with van der Waals surface area (Å²) in [4.78, 5) is 14.9. The number of benzene rings is 3. The SMILES string of the molecule is NS(=O)(=O)c1ccc(C(=O)N2CCN(S(=O)(=O)c3ccccc3)[C@H](Cc3ccccc3)C2)cc1. The van der Waals surface area contributed by atoms with Crippen LogP contribution in [0.25, 0.3) is 0 Å². The van der Waals surface area contributed by atoms with Crippen LogP contribution in [0, 0.1) is 0 Å². The molecule has 0 radical (unpaired) electrons. The molecule has 34 heavy (non-hydrogen) atoms. The van der Waals surface area contributed by atoms with E-state index in [2.05, 4.69) is 0 Å². The third-order valence-corrected chi connectivity index (χ3v) is 8.70. The molecule has 1 heterocycles. The Kier molecular flexibility index (Phi) is 6.85. The molecule has 0 aromatic heterocycles. The highest BCUT2D eigenvalue weighted by Gasteiger charge is 2.37. The Hall–Kier alpha value is -3.05. The molecule has 2 N–H and O–H groups in total. The second-order valence-electron chi connectivity index (χ2n) is 8.09. The number of hydrogen-bond acceptors (Lipinski definition) is 5. The van der Waals surface area contributed by atoms with E-state index in [1.165, 1.54) is 28.6 Å². The fourth-order valence-corrected chi connectivity index (χ4v) is 6.23. The third-order valence-electron chi connectivity index (χ3n) is 5.81. The zero-order chi connectivity index (χ0) is 24.3. The summed E-state index contributed by atoms with van der Waals surface area (Å²) >= 11 is 0. The quantitative estimate of drug-likeness (QED) is 0.557. The number of nitrogens with zero attached hydrogens (tertiary/aromatic N) is 2. The van der Waals surface area contributed by atoms with Gasteiger partial charge in [-0.3, -0.25) is 4.79 Å². The van der Waals surface area contributed by atoms with Crippen LogP contribution in [-0.2, 0) is 26.5 Å². The van der Waals surface area contributed by atoms with Crippen molar-refractivity contribution in [3.8, 4) is 0 Å². The van der Waals surface area contributed by atoms with Gasteiger partial charge in [0.05, 0.1) is 9.79 Å². The minimum Gasteiger partial charge on any atom is -0.336 e. The first-order chi connectivity index (χ1) is 16.2. The highest BCUT2D eigenvalue weighted by molar-refractivity contribution is 7.89. The van der Waals surface area contributed by atoms with E-state index in [0.29, 0.717) is 12.0 Å². The van der Waals surface area contributed by atoms with Crippen LogP contribution in [-0.4, -0.2) is 57.6 Å². The first kappa shape index (κ1) is 24.1. The summed E-state index contributed by atoms with van der Waals surface area (Å²) in [7, 11) is -7.61. The van der Waals surface area contributed by atoms with Gasteiger partial charge in [0.1, 0.15) is 0 Å². The minimum atomic E-state index is -3.86. The van der Waals surface area contributed by atoms with E-state index in [-0.39, 0.29) is 35.3 Å². The molecule has 1 saturated heterocycles. The second-order valence-corrected chi connectivity index (χ2v) is 11.5. The largest absolute Gasteiger partial charge is 0.336 e. The zero-order valence-corrected chi connectivity index (χ0v) is 20.0. The molecule has 10 heteroatoms. The van der Waals surface area contributed by atoms with Crippen LogP contribution in [0.2, 0.25) is 0 Å². The molecule has 1 aliphatic rings. The van der Waals surface area contributed by atoms with Crippen LogP contribution in [0.4, 0.5) is 0 Å². The lowest BCUT2D eigenvalue weighted by atomic mass is 10.0. The van der Waals surface area contributed by atoms with Crippen LogP contribution in [0.1, 0.15) is 15.9 Å². The maximum atomic E-state index is 13.4. The summed E-state index contributed by atoms with van der Waals surface area (Å²) in [5.41, 5.74) is 1.28. The number of piperazine rings is 1. The maximum absolute atomic E-state index is 13.4. The van der Waals surface area contributed by atoms with Crippen LogP contribution in [0.5, 0.6) is 0 Å². The van der Waals surface area contributed by atoms with Crippen molar-refractivity contribution in [1.29, 1.82) is 0 Å². The second kappa shape index (κ2) is 9.67. The van der Waals surface area contributed by atoms with Gasteiger partial charge in [-0.15, -0.1) is 0 Å². The number of amides is 1. The van der Waals surface area contributed by atoms with Gasteiger partial charge in [-0.25, -0.2) is 22.0 Å². The number of sulfonamides is 2. The van der Waals surface area contributed by atoms with E-state index < -0.39 is 26.1 Å². The monoisotopic (exact) mass is 499 g/mol. The molecule has 0 unspecified atom stereocenters. The van der Waals surface area contributed by atoms with Crippen molar-refractivity contribution in [1.82, 2.24) is 9.21 Å². The van der Waals surface area contributed by atoms with E-state index in [9.17, 15) is 21.6 Å². The average Bonchev–Trinajstić information content (AvgIpc) is 2.84. The van der Waals surface area contributed by atoms with Crippen molar-refractivity contribution in [2.24, 2.45) is 5.14 Å². The standard InChI is InChI=1S/C24H25N3O5S2/c25-33(29,30)22-13-11-20(12-14-22)24(28)26-15-16-27(34(31,32)23-9-5-2-6-10-23)21(18-26)17-19-7-3-1-4-8-19/h1-14,21H,15-18H2,(H2,25,29,30)/t21-/m1/s1. The van der Waals surface area contributed by atoms with Gasteiger partial charge in [0, 0.05) is 31.2 Å². The highest BCUT2D eigenvalue weighted by atomic mass is 32.2. The first-order valence-electron chi connectivity index (χ1n) is 10.7. The summed E-state index contributed by atoms with van der Waals surface area (Å²) in [6.45, 7) is 0.569. The molecule has 0 aliphatic carbocycles. The molecule has 0 bridgehead atoms. The number of rotatable bonds is 6. The normalized spacial score (nSPS) is 17.4. The maximum Gasteiger partial charge on any atom is 0.253 e. The van der Waals surface area contributed by atoms with E-state index in [1.54, 1.807) is 35.2 Å². The number of nitrogens with two attached hydrogens (primary N) is 1. The molecule has 3 aromatic carbocycles. The highest BCUT2D eigenvalue weighted by Crippen LogP contribution is 2.25. The summed E-state index contributed by atoms with van der Waals surface area (Å²) < 4.78 is 51.3. The van der Waals surface area contributed by atoms with Crippen LogP contribution in [0.3, 0.4) is 0 Å². The molecule has 1 fully saturated rings. The van der Waals surface area contributed by atoms with Crippen LogP contribution >= 0.6 is 0 Å². The molecule has 1 amide bonds. The summed E-state index contributed by atoms with van der Waals surface area (Å²) in [5.74, 6) is -0.296. The Labute approximate surface area is 199 Å². The van der Waals surface area contributed by atoms with Gasteiger partial charge in [0.2, 0.25) is 20.0 Å². The predicted octanol–water partition coefficient (Wildman–Crippen LogP) is 2.09. The Morgan fingerprint density at radius 1 is 0.794 bits per heavy atom. The van der Waals surface area contributed by atoms with Gasteiger partial charge in [0.25, 0.3) is 5.91 Å². The van der Waals surface area contributed by atoms with Crippen molar-refractivity contribution in [2.45, 2.75) is 22.3 Å². The van der Waals surface area contributed by atoms with Crippen molar-refractivity contribution >= 4 is 26.0 Å². The van der Waals surface area contributed by atoms with Crippen LogP contribution < -0.4 is 5.14 Å². The Balaban J connectivity index is 1.61. The van der Waals surface area contributed by atoms with Crippen molar-refractivity contribution < 1.29 is 21.6 Å². The molecule has 1 atom stereocenters. The van der Waals surface area contributed by atoms with E-state index in [0.717, 1.165) is 5.56 Å². The first-order valence-corrected chi connectivity index (χ1v) is 13.7. The lowest BCUT2D eigenvalue weighted by Crippen LogP contribution is -2.57. The molecule has 1 aliphatic heterocycles. The Morgan fingerprint density at radius 2 is 1.38 bits per heavy atom. The summed E-state index contributed by atoms with van der Waals surface area (Å²) in [6.07, 6.45) is 0.445. The number of carbonyl (C=O) groups excluding carboxylic acids is 1. The third kappa shape index (κ3) is 5.20. The van der Waals surface area contributed by atoms with Gasteiger partial charge in [-0.2, -0.15) is 4.31 Å². The van der Waals surface area contributed by atoms with Crippen molar-refractivity contribution in [3.63, 3.8) is 0 Å². The molecule has 0 spiro atoms. The number of hydrogen-bond donors (Lipinski definition) is 1. The van der Waals surface area contributed by atoms with Crippen molar-refractivity contribution in [2.75, 3.05) is 19.6 Å². The van der Waals surface area contributed by atoms with E-state index >= 15 is 0 Å². The predicted molar refractivity (Wildman–Crippen MR) is 128 cm³/mol. The van der Waals surface area contributed by atoms with Crippen molar-refractivity contribution in [3.05, 3.63) is 96.1 Å². The molecule has 3 aromatic rings. The van der Waals surface area contributed by atoms with E-state index in [1.807, 2.05) is 30.3 Å². The zero-order valence-electron chi connectivity index (χ0n) is 18.3. The van der Waals surface area contributed by atoms with Gasteiger partial charge < -0.3 is 4.90 Å². The van der Waals surface area contributed by atoms with Crippen LogP contribution in [0.15, 0.2) is 94.7 Å². The number of carbonyl (C=O) groups is 1. The van der Waals surface area contributed by atoms with Gasteiger partial charge in [0.15, 0.2) is 0 Å². The summed E-state index contributed by atoms with van der Waals surface area (Å²) in [5, 5.41) is 5.14. The fraction of sp³-hybridized carbons (Fsp3) is 0.208. The number of primary sulfonamides is 1. The molecule has 4 rings (SSSR count). The molecule has 0 saturated carbocycles. The lowest BCUT2D eigenvalue weighted by molar-refractivity contribution is 0.0627. The fourth-order valence-electron chi connectivity index (χ4n) is 4.09. The lowest BCUT2D eigenvalue weighted by Gasteiger charge is -2.40. The average molecular weight is 500 g/mol. The van der Waals surface area contributed by atoms with Gasteiger partial charge in [-0.05, 0) is 48.4 Å². The van der Waals surface area contributed by atoms with Gasteiger partial charge in [-0.1, -0.05) is 48.5 Å². The smallest absolute Gasteiger partial charge is 0.253 e.